The summed E-state index contributed by atoms with van der Waals surface area (Å²) in [4.78, 5) is 22.2. The van der Waals surface area contributed by atoms with Crippen molar-refractivity contribution in [3.8, 4) is 0 Å². The van der Waals surface area contributed by atoms with Gasteiger partial charge in [0, 0.05) is 6.07 Å². The topological polar surface area (TPSA) is 58.2 Å². The summed E-state index contributed by atoms with van der Waals surface area (Å²) >= 11 is 0. The highest BCUT2D eigenvalue weighted by atomic mass is 19.1. The van der Waals surface area contributed by atoms with E-state index in [1.807, 2.05) is 0 Å². The fraction of sp³-hybridized carbons (Fsp3) is 0. The van der Waals surface area contributed by atoms with Crippen molar-refractivity contribution in [3.05, 3.63) is 44.2 Å². The van der Waals surface area contributed by atoms with E-state index in [1.165, 1.54) is 0 Å². The lowest BCUT2D eigenvalue weighted by molar-refractivity contribution is 0.586. The Morgan fingerprint density at radius 2 is 1.50 bits per heavy atom. The zero-order valence-electron chi connectivity index (χ0n) is 7.73. The number of hydrogen-bond donors (Lipinski definition) is 2. The Balaban J connectivity index is 2.20. The van der Waals surface area contributed by atoms with Gasteiger partial charge in [-0.05, 0) is 6.07 Å². The summed E-state index contributed by atoms with van der Waals surface area (Å²) in [6, 6.07) is 1.75. The molecule has 0 radical (unpaired) electrons. The third-order valence-corrected chi connectivity index (χ3v) is 2.48. The molecular formula is C10H4F2N2O2. The van der Waals surface area contributed by atoms with E-state index in [2.05, 4.69) is 10.6 Å². The van der Waals surface area contributed by atoms with E-state index in [9.17, 15) is 18.4 Å². The Hall–Kier alpha value is -2.24. The van der Waals surface area contributed by atoms with Crippen LogP contribution in [0, 0.1) is 11.6 Å². The van der Waals surface area contributed by atoms with Crippen molar-refractivity contribution in [1.29, 1.82) is 0 Å². The minimum Gasteiger partial charge on any atom is -0.349 e. The van der Waals surface area contributed by atoms with E-state index in [0.717, 1.165) is 6.07 Å². The Labute approximate surface area is 87.2 Å². The zero-order chi connectivity index (χ0) is 11.4. The van der Waals surface area contributed by atoms with Gasteiger partial charge in [0.15, 0.2) is 5.82 Å². The van der Waals surface area contributed by atoms with E-state index in [4.69, 9.17) is 0 Å². The molecule has 0 saturated carbocycles. The first-order chi connectivity index (χ1) is 7.58. The van der Waals surface area contributed by atoms with Crippen LogP contribution in [0.15, 0.2) is 21.7 Å². The maximum atomic E-state index is 13.3. The van der Waals surface area contributed by atoms with Crippen LogP contribution in [0.25, 0.3) is 0 Å². The van der Waals surface area contributed by atoms with Crippen molar-refractivity contribution in [2.75, 3.05) is 10.6 Å². The van der Waals surface area contributed by atoms with Crippen molar-refractivity contribution < 1.29 is 8.78 Å². The van der Waals surface area contributed by atoms with Gasteiger partial charge in [0.2, 0.25) is 0 Å². The van der Waals surface area contributed by atoms with Crippen molar-refractivity contribution in [2.24, 2.45) is 0 Å². The molecule has 2 N–H and O–H groups in total. The molecular weight excluding hydrogens is 218 g/mol. The summed E-state index contributed by atoms with van der Waals surface area (Å²) < 4.78 is 26.2. The molecule has 1 aliphatic rings. The quantitative estimate of drug-likeness (QED) is 0.564. The second-order valence-electron chi connectivity index (χ2n) is 3.47. The number of halogens is 2. The molecule has 80 valence electrons. The third kappa shape index (κ3) is 0.955. The average molecular weight is 222 g/mol. The first-order valence-corrected chi connectivity index (χ1v) is 4.44. The van der Waals surface area contributed by atoms with Gasteiger partial charge in [0.1, 0.15) is 17.2 Å². The van der Waals surface area contributed by atoms with Gasteiger partial charge in [-0.2, -0.15) is 0 Å². The maximum Gasteiger partial charge on any atom is 0.253 e. The number of anilines is 4. The molecule has 0 unspecified atom stereocenters. The number of benzene rings is 1. The second-order valence-corrected chi connectivity index (χ2v) is 3.47. The SMILES string of the molecule is O=c1c2c(c1=O)Nc1c(F)cc(F)cc1N2. The highest BCUT2D eigenvalue weighted by Crippen LogP contribution is 2.37. The summed E-state index contributed by atoms with van der Waals surface area (Å²) in [6.07, 6.45) is 0. The number of fused-ring (bicyclic) bond motifs is 2. The van der Waals surface area contributed by atoms with E-state index in [0.29, 0.717) is 6.07 Å². The van der Waals surface area contributed by atoms with Crippen molar-refractivity contribution in [1.82, 2.24) is 0 Å². The van der Waals surface area contributed by atoms with Crippen molar-refractivity contribution >= 4 is 22.7 Å². The molecule has 3 rings (SSSR count). The Kier molecular flexibility index (Phi) is 1.50. The lowest BCUT2D eigenvalue weighted by atomic mass is 10.1. The van der Waals surface area contributed by atoms with Crippen LogP contribution in [-0.2, 0) is 0 Å². The van der Waals surface area contributed by atoms with Gasteiger partial charge in [-0.15, -0.1) is 0 Å². The predicted octanol–water partition coefficient (Wildman–Crippen LogP) is 1.36. The summed E-state index contributed by atoms with van der Waals surface area (Å²) in [6.45, 7) is 0. The van der Waals surface area contributed by atoms with Crippen molar-refractivity contribution in [3.63, 3.8) is 0 Å². The Bertz CT molecular complexity index is 687. The van der Waals surface area contributed by atoms with E-state index >= 15 is 0 Å². The van der Waals surface area contributed by atoms with E-state index in [1.54, 1.807) is 0 Å². The monoisotopic (exact) mass is 222 g/mol. The summed E-state index contributed by atoms with van der Waals surface area (Å²) in [5.74, 6) is -1.58. The van der Waals surface area contributed by atoms with Crippen molar-refractivity contribution in [2.45, 2.75) is 0 Å². The van der Waals surface area contributed by atoms with Crippen LogP contribution in [0.2, 0.25) is 0 Å². The van der Waals surface area contributed by atoms with Crippen LogP contribution < -0.4 is 21.5 Å². The van der Waals surface area contributed by atoms with Gasteiger partial charge < -0.3 is 10.6 Å². The molecule has 1 aliphatic heterocycles. The average Bonchev–Trinajstić information content (AvgIpc) is 2.26. The first kappa shape index (κ1) is 9.02. The molecule has 6 heteroatoms. The molecule has 4 nitrogen and oxygen atoms in total. The standard InChI is InChI=1S/C10H4F2N2O2/c11-3-1-4(12)6-5(2-3)13-7-8(14-6)10(16)9(7)15/h1-2,13-14H. The first-order valence-electron chi connectivity index (χ1n) is 4.44. The van der Waals surface area contributed by atoms with Crippen LogP contribution in [0.3, 0.4) is 0 Å². The fourth-order valence-corrected chi connectivity index (χ4v) is 1.69. The molecule has 0 spiro atoms. The molecule has 0 aliphatic carbocycles. The third-order valence-electron chi connectivity index (χ3n) is 2.48. The summed E-state index contributed by atoms with van der Waals surface area (Å²) in [5.41, 5.74) is -1.21. The van der Waals surface area contributed by atoms with Crippen LogP contribution in [0.5, 0.6) is 0 Å². The number of nitrogens with one attached hydrogen (secondary N) is 2. The normalized spacial score (nSPS) is 12.6. The summed E-state index contributed by atoms with van der Waals surface area (Å²) in [7, 11) is 0. The van der Waals surface area contributed by atoms with Gasteiger partial charge in [0.25, 0.3) is 10.9 Å². The number of rotatable bonds is 0. The molecule has 0 saturated heterocycles. The van der Waals surface area contributed by atoms with Crippen LogP contribution in [-0.4, -0.2) is 0 Å². The van der Waals surface area contributed by atoms with Gasteiger partial charge in [-0.1, -0.05) is 0 Å². The lowest BCUT2D eigenvalue weighted by Gasteiger charge is -2.23. The van der Waals surface area contributed by atoms with Crippen LogP contribution in [0.4, 0.5) is 31.5 Å². The maximum absolute atomic E-state index is 13.3. The van der Waals surface area contributed by atoms with Gasteiger partial charge in [-0.25, -0.2) is 8.78 Å². The number of hydrogen-bond acceptors (Lipinski definition) is 4. The molecule has 2 aromatic rings. The molecule has 0 fully saturated rings. The fourth-order valence-electron chi connectivity index (χ4n) is 1.69. The smallest absolute Gasteiger partial charge is 0.253 e. The molecule has 0 aromatic heterocycles. The Morgan fingerprint density at radius 3 is 2.19 bits per heavy atom. The highest BCUT2D eigenvalue weighted by molar-refractivity contribution is 5.92. The van der Waals surface area contributed by atoms with Gasteiger partial charge >= 0.3 is 0 Å². The van der Waals surface area contributed by atoms with Crippen LogP contribution >= 0.6 is 0 Å². The summed E-state index contributed by atoms with van der Waals surface area (Å²) in [5, 5.41) is 5.00. The lowest BCUT2D eigenvalue weighted by Crippen LogP contribution is -2.37. The largest absolute Gasteiger partial charge is 0.349 e. The molecule has 1 heterocycles. The molecule has 0 amide bonds. The zero-order valence-corrected chi connectivity index (χ0v) is 7.73. The minimum atomic E-state index is -0.818. The van der Waals surface area contributed by atoms with Gasteiger partial charge in [-0.3, -0.25) is 9.59 Å². The molecule has 16 heavy (non-hydrogen) atoms. The van der Waals surface area contributed by atoms with E-state index in [-0.39, 0.29) is 22.7 Å². The minimum absolute atomic E-state index is 0.0269. The van der Waals surface area contributed by atoms with Gasteiger partial charge in [0.05, 0.1) is 11.4 Å². The Morgan fingerprint density at radius 1 is 0.875 bits per heavy atom. The molecule has 0 atom stereocenters. The van der Waals surface area contributed by atoms with E-state index < -0.39 is 22.5 Å². The highest BCUT2D eigenvalue weighted by Gasteiger charge is 2.28. The molecule has 2 aromatic carbocycles. The second kappa shape index (κ2) is 2.66. The predicted molar refractivity (Wildman–Crippen MR) is 54.3 cm³/mol. The molecule has 0 bridgehead atoms. The van der Waals surface area contributed by atoms with Crippen LogP contribution in [0.1, 0.15) is 0 Å².